The Morgan fingerprint density at radius 1 is 1.17 bits per heavy atom. The van der Waals surface area contributed by atoms with Gasteiger partial charge in [-0.2, -0.15) is 0 Å². The summed E-state index contributed by atoms with van der Waals surface area (Å²) in [5, 5.41) is 9.09. The Morgan fingerprint density at radius 3 is 2.65 bits per heavy atom. The number of aromatic nitrogens is 1. The van der Waals surface area contributed by atoms with Gasteiger partial charge in [0.15, 0.2) is 5.69 Å². The first-order valence-electron chi connectivity index (χ1n) is 7.87. The minimum absolute atomic E-state index is 0.0985. The molecule has 1 aliphatic rings. The Balaban J connectivity index is 1.67. The lowest BCUT2D eigenvalue weighted by Crippen LogP contribution is -2.51. The summed E-state index contributed by atoms with van der Waals surface area (Å²) in [4.78, 5) is 20.0. The number of carbonyl (C=O) groups is 1. The predicted molar refractivity (Wildman–Crippen MR) is 89.7 cm³/mol. The molecule has 0 amide bonds. The molecule has 3 rings (SSSR count). The van der Waals surface area contributed by atoms with E-state index in [1.54, 1.807) is 6.07 Å². The summed E-state index contributed by atoms with van der Waals surface area (Å²) in [5.74, 6) is -0.237. The van der Waals surface area contributed by atoms with Crippen LogP contribution in [0.4, 0.5) is 5.82 Å². The Morgan fingerprint density at radius 2 is 1.96 bits per heavy atom. The van der Waals surface area contributed by atoms with Gasteiger partial charge in [0.2, 0.25) is 0 Å². The number of hydrogen-bond acceptors (Lipinski definition) is 4. The summed E-state index contributed by atoms with van der Waals surface area (Å²) in [7, 11) is 0. The average Bonchev–Trinajstić information content (AvgIpc) is 2.56. The molecule has 1 atom stereocenters. The number of pyridine rings is 1. The van der Waals surface area contributed by atoms with Gasteiger partial charge < -0.3 is 10.0 Å². The molecule has 1 aromatic carbocycles. The van der Waals surface area contributed by atoms with Crippen molar-refractivity contribution in [3.63, 3.8) is 0 Å². The first-order chi connectivity index (χ1) is 11.1. The number of rotatable bonds is 4. The molecule has 1 saturated heterocycles. The molecule has 5 heteroatoms. The Labute approximate surface area is 136 Å². The van der Waals surface area contributed by atoms with Gasteiger partial charge in [0.05, 0.1) is 0 Å². The van der Waals surface area contributed by atoms with E-state index in [1.807, 2.05) is 12.1 Å². The molecule has 23 heavy (non-hydrogen) atoms. The van der Waals surface area contributed by atoms with Crippen molar-refractivity contribution in [1.82, 2.24) is 9.88 Å². The van der Waals surface area contributed by atoms with Crippen molar-refractivity contribution in [2.75, 3.05) is 24.5 Å². The fourth-order valence-corrected chi connectivity index (χ4v) is 3.06. The molecule has 0 aliphatic carbocycles. The van der Waals surface area contributed by atoms with Crippen molar-refractivity contribution in [2.45, 2.75) is 19.5 Å². The van der Waals surface area contributed by atoms with Crippen molar-refractivity contribution in [1.29, 1.82) is 0 Å². The summed E-state index contributed by atoms with van der Waals surface area (Å²) in [6.07, 6.45) is 0. The molecule has 0 radical (unpaired) electrons. The molecule has 1 aliphatic heterocycles. The number of hydrogen-bond donors (Lipinski definition) is 1. The van der Waals surface area contributed by atoms with Crippen LogP contribution in [0, 0.1) is 0 Å². The van der Waals surface area contributed by atoms with Crippen molar-refractivity contribution >= 4 is 11.8 Å². The minimum Gasteiger partial charge on any atom is -0.477 e. The van der Waals surface area contributed by atoms with Crippen LogP contribution in [0.2, 0.25) is 0 Å². The Bertz CT molecular complexity index is 675. The number of nitrogens with zero attached hydrogens (tertiary/aromatic N) is 3. The summed E-state index contributed by atoms with van der Waals surface area (Å²) in [6.45, 7) is 5.84. The van der Waals surface area contributed by atoms with Gasteiger partial charge in [-0.15, -0.1) is 0 Å². The fourth-order valence-electron chi connectivity index (χ4n) is 3.06. The number of carboxylic acid groups (broad SMARTS) is 1. The van der Waals surface area contributed by atoms with Crippen LogP contribution in [0.25, 0.3) is 0 Å². The van der Waals surface area contributed by atoms with Gasteiger partial charge in [0.1, 0.15) is 5.82 Å². The highest BCUT2D eigenvalue weighted by atomic mass is 16.4. The maximum absolute atomic E-state index is 11.1. The van der Waals surface area contributed by atoms with Crippen molar-refractivity contribution in [3.8, 4) is 0 Å². The molecule has 0 bridgehead atoms. The summed E-state index contributed by atoms with van der Waals surface area (Å²) in [6, 6.07) is 15.9. The first-order valence-corrected chi connectivity index (χ1v) is 7.87. The molecule has 2 aromatic rings. The normalized spacial score (nSPS) is 18.8. The molecule has 0 unspecified atom stereocenters. The summed E-state index contributed by atoms with van der Waals surface area (Å²) >= 11 is 0. The third-order valence-corrected chi connectivity index (χ3v) is 4.21. The van der Waals surface area contributed by atoms with Crippen LogP contribution in [0.15, 0.2) is 48.5 Å². The van der Waals surface area contributed by atoms with Crippen molar-refractivity contribution < 1.29 is 9.90 Å². The van der Waals surface area contributed by atoms with E-state index in [1.165, 1.54) is 11.6 Å². The van der Waals surface area contributed by atoms with Crippen LogP contribution in [0.1, 0.15) is 23.0 Å². The van der Waals surface area contributed by atoms with Crippen LogP contribution < -0.4 is 4.90 Å². The SMILES string of the molecule is C[C@@H]1CN(Cc2ccccc2)CCN1c1cccc(C(=O)O)n1. The topological polar surface area (TPSA) is 56.7 Å². The van der Waals surface area contributed by atoms with Crippen LogP contribution in [0.3, 0.4) is 0 Å². The largest absolute Gasteiger partial charge is 0.477 e. The smallest absolute Gasteiger partial charge is 0.354 e. The van der Waals surface area contributed by atoms with E-state index in [2.05, 4.69) is 46.0 Å². The average molecular weight is 311 g/mol. The highest BCUT2D eigenvalue weighted by molar-refractivity contribution is 5.85. The van der Waals surface area contributed by atoms with Gasteiger partial charge in [-0.25, -0.2) is 9.78 Å². The molecular weight excluding hydrogens is 290 g/mol. The van der Waals surface area contributed by atoms with E-state index in [-0.39, 0.29) is 5.69 Å². The lowest BCUT2D eigenvalue weighted by atomic mass is 10.1. The van der Waals surface area contributed by atoms with Gasteiger partial charge in [-0.3, -0.25) is 4.90 Å². The molecule has 0 spiro atoms. The maximum atomic E-state index is 11.1. The Hall–Kier alpha value is -2.40. The molecule has 1 fully saturated rings. The van der Waals surface area contributed by atoms with E-state index in [4.69, 9.17) is 5.11 Å². The second kappa shape index (κ2) is 6.79. The highest BCUT2D eigenvalue weighted by Crippen LogP contribution is 2.20. The zero-order valence-electron chi connectivity index (χ0n) is 13.2. The van der Waals surface area contributed by atoms with Crippen molar-refractivity contribution in [3.05, 3.63) is 59.8 Å². The van der Waals surface area contributed by atoms with Gasteiger partial charge >= 0.3 is 5.97 Å². The zero-order chi connectivity index (χ0) is 16.2. The van der Waals surface area contributed by atoms with E-state index >= 15 is 0 Å². The number of piperazine rings is 1. The van der Waals surface area contributed by atoms with E-state index in [9.17, 15) is 4.79 Å². The molecular formula is C18H21N3O2. The molecule has 120 valence electrons. The third-order valence-electron chi connectivity index (χ3n) is 4.21. The van der Waals surface area contributed by atoms with Gasteiger partial charge in [0, 0.05) is 32.2 Å². The van der Waals surface area contributed by atoms with Crippen LogP contribution in [0.5, 0.6) is 0 Å². The lowest BCUT2D eigenvalue weighted by Gasteiger charge is -2.40. The summed E-state index contributed by atoms with van der Waals surface area (Å²) in [5.41, 5.74) is 1.42. The molecule has 1 aromatic heterocycles. The van der Waals surface area contributed by atoms with Gasteiger partial charge in [-0.05, 0) is 24.6 Å². The fraction of sp³-hybridized carbons (Fsp3) is 0.333. The third kappa shape index (κ3) is 3.68. The standard InChI is InChI=1S/C18H21N3O2/c1-14-12-20(13-15-6-3-2-4-7-15)10-11-21(14)17-9-5-8-16(19-17)18(22)23/h2-9,14H,10-13H2,1H3,(H,22,23)/t14-/m1/s1. The lowest BCUT2D eigenvalue weighted by molar-refractivity contribution is 0.0690. The van der Waals surface area contributed by atoms with E-state index in [0.717, 1.165) is 32.0 Å². The van der Waals surface area contributed by atoms with Crippen LogP contribution in [-0.4, -0.2) is 46.6 Å². The zero-order valence-corrected chi connectivity index (χ0v) is 13.2. The Kier molecular flexibility index (Phi) is 4.57. The number of benzene rings is 1. The molecule has 2 heterocycles. The number of carboxylic acids is 1. The van der Waals surface area contributed by atoms with Crippen LogP contribution >= 0.6 is 0 Å². The first kappa shape index (κ1) is 15.5. The highest BCUT2D eigenvalue weighted by Gasteiger charge is 2.25. The quantitative estimate of drug-likeness (QED) is 0.940. The number of aromatic carboxylic acids is 1. The maximum Gasteiger partial charge on any atom is 0.354 e. The van der Waals surface area contributed by atoms with Gasteiger partial charge in [0.25, 0.3) is 0 Å². The van der Waals surface area contributed by atoms with E-state index in [0.29, 0.717) is 6.04 Å². The minimum atomic E-state index is -0.984. The van der Waals surface area contributed by atoms with Crippen molar-refractivity contribution in [2.24, 2.45) is 0 Å². The molecule has 5 nitrogen and oxygen atoms in total. The predicted octanol–water partition coefficient (Wildman–Crippen LogP) is 2.49. The monoisotopic (exact) mass is 311 g/mol. The van der Waals surface area contributed by atoms with Crippen LogP contribution in [-0.2, 0) is 6.54 Å². The molecule has 1 N–H and O–H groups in total. The second-order valence-electron chi connectivity index (χ2n) is 5.95. The van der Waals surface area contributed by atoms with E-state index < -0.39 is 5.97 Å². The number of anilines is 1. The molecule has 0 saturated carbocycles. The summed E-state index contributed by atoms with van der Waals surface area (Å²) < 4.78 is 0. The second-order valence-corrected chi connectivity index (χ2v) is 5.95. The van der Waals surface area contributed by atoms with Gasteiger partial charge in [-0.1, -0.05) is 36.4 Å².